The molecule has 0 heterocycles. The molecule has 0 bridgehead atoms. The minimum absolute atomic E-state index is 0.0181. The van der Waals surface area contributed by atoms with Gasteiger partial charge in [-0.2, -0.15) is 5.26 Å². The van der Waals surface area contributed by atoms with Gasteiger partial charge >= 0.3 is 5.97 Å². The summed E-state index contributed by atoms with van der Waals surface area (Å²) in [5.74, 6) is 0.594. The average molecular weight is 396 g/mol. The molecule has 5 heteroatoms. The molecule has 0 N–H and O–H groups in total. The summed E-state index contributed by atoms with van der Waals surface area (Å²) in [4.78, 5) is 12.7. The highest BCUT2D eigenvalue weighted by Crippen LogP contribution is 2.60. The number of rotatable bonds is 6. The van der Waals surface area contributed by atoms with Gasteiger partial charge in [0.2, 0.25) is 6.10 Å². The van der Waals surface area contributed by atoms with Crippen molar-refractivity contribution in [1.29, 1.82) is 5.26 Å². The predicted octanol–water partition coefficient (Wildman–Crippen LogP) is 6.00. The minimum Gasteiger partial charge on any atom is -0.457 e. The summed E-state index contributed by atoms with van der Waals surface area (Å²) in [6.07, 6.45) is 0.883. The fraction of sp³-hybridized carbons (Fsp3) is 0.304. The smallest absolute Gasteiger partial charge is 0.311 e. The number of hydrogen-bond acceptors (Lipinski definition) is 4. The van der Waals surface area contributed by atoms with E-state index in [1.807, 2.05) is 50.3 Å². The summed E-state index contributed by atoms with van der Waals surface area (Å²) < 4.78 is 11.3. The number of halogens is 1. The van der Waals surface area contributed by atoms with Crippen molar-refractivity contribution in [2.24, 2.45) is 17.3 Å². The van der Waals surface area contributed by atoms with Crippen LogP contribution in [-0.4, -0.2) is 5.97 Å². The van der Waals surface area contributed by atoms with Crippen LogP contribution in [0, 0.1) is 28.6 Å². The van der Waals surface area contributed by atoms with Gasteiger partial charge < -0.3 is 9.47 Å². The summed E-state index contributed by atoms with van der Waals surface area (Å²) in [5.41, 5.74) is 0.342. The number of allylic oxidation sites excluding steroid dienone is 2. The largest absolute Gasteiger partial charge is 0.457 e. The monoisotopic (exact) mass is 395 g/mol. The Balaban J connectivity index is 1.72. The number of carbonyl (C=O) groups is 1. The molecule has 0 radical (unpaired) electrons. The lowest BCUT2D eigenvalue weighted by Gasteiger charge is -2.13. The van der Waals surface area contributed by atoms with E-state index in [0.717, 1.165) is 0 Å². The van der Waals surface area contributed by atoms with Gasteiger partial charge in [-0.3, -0.25) is 4.79 Å². The van der Waals surface area contributed by atoms with Crippen LogP contribution in [-0.2, 0) is 9.53 Å². The first kappa shape index (κ1) is 20.0. The molecule has 1 aliphatic carbocycles. The van der Waals surface area contributed by atoms with E-state index in [4.69, 9.17) is 21.1 Å². The fourth-order valence-corrected chi connectivity index (χ4v) is 3.55. The first-order chi connectivity index (χ1) is 13.3. The minimum atomic E-state index is -0.995. The van der Waals surface area contributed by atoms with Crippen LogP contribution >= 0.6 is 11.6 Å². The second-order valence-corrected chi connectivity index (χ2v) is 8.11. The zero-order chi connectivity index (χ0) is 20.3. The van der Waals surface area contributed by atoms with Crippen LogP contribution in [0.25, 0.3) is 0 Å². The third-order valence-corrected chi connectivity index (χ3v) is 5.19. The molecule has 0 spiro atoms. The second-order valence-electron chi connectivity index (χ2n) is 7.51. The van der Waals surface area contributed by atoms with Gasteiger partial charge in [0.15, 0.2) is 0 Å². The van der Waals surface area contributed by atoms with Gasteiger partial charge in [-0.1, -0.05) is 61.9 Å². The Bertz CT molecular complexity index is 926. The topological polar surface area (TPSA) is 59.3 Å². The van der Waals surface area contributed by atoms with Gasteiger partial charge in [-0.25, -0.2) is 0 Å². The zero-order valence-corrected chi connectivity index (χ0v) is 16.8. The van der Waals surface area contributed by atoms with E-state index in [2.05, 4.69) is 6.07 Å². The van der Waals surface area contributed by atoms with Crippen LogP contribution in [0.1, 0.15) is 32.4 Å². The number of carbonyl (C=O) groups excluding carboxylic acids is 1. The predicted molar refractivity (Wildman–Crippen MR) is 108 cm³/mol. The number of para-hydroxylation sites is 1. The third kappa shape index (κ3) is 4.37. The maximum atomic E-state index is 12.7. The lowest BCUT2D eigenvalue weighted by Crippen LogP contribution is -2.14. The second kappa shape index (κ2) is 8.08. The Morgan fingerprint density at radius 1 is 1.18 bits per heavy atom. The number of esters is 1. The van der Waals surface area contributed by atoms with E-state index in [0.29, 0.717) is 22.1 Å². The molecule has 0 amide bonds. The van der Waals surface area contributed by atoms with E-state index in [1.54, 1.807) is 31.2 Å². The van der Waals surface area contributed by atoms with Crippen molar-refractivity contribution in [2.75, 3.05) is 0 Å². The van der Waals surface area contributed by atoms with Crippen molar-refractivity contribution in [2.45, 2.75) is 26.9 Å². The lowest BCUT2D eigenvalue weighted by molar-refractivity contribution is -0.149. The molecule has 0 unspecified atom stereocenters. The molecule has 2 aromatic rings. The summed E-state index contributed by atoms with van der Waals surface area (Å²) in [6.45, 7) is 5.78. The molecule has 3 atom stereocenters. The van der Waals surface area contributed by atoms with Gasteiger partial charge in [0.05, 0.1) is 5.92 Å². The Kier molecular flexibility index (Phi) is 5.76. The molecule has 1 aliphatic rings. The lowest BCUT2D eigenvalue weighted by atomic mass is 10.1. The molecule has 2 aromatic carbocycles. The molecule has 0 aliphatic heterocycles. The van der Waals surface area contributed by atoms with Gasteiger partial charge in [-0.05, 0) is 42.5 Å². The molecule has 0 aromatic heterocycles. The van der Waals surface area contributed by atoms with Crippen molar-refractivity contribution in [3.8, 4) is 17.6 Å². The number of hydrogen-bond donors (Lipinski definition) is 0. The molecular weight excluding hydrogens is 374 g/mol. The number of ether oxygens (including phenoxy) is 2. The summed E-state index contributed by atoms with van der Waals surface area (Å²) >= 11 is 5.97. The molecule has 144 valence electrons. The zero-order valence-electron chi connectivity index (χ0n) is 16.1. The maximum Gasteiger partial charge on any atom is 0.311 e. The van der Waals surface area contributed by atoms with E-state index in [9.17, 15) is 10.1 Å². The summed E-state index contributed by atoms with van der Waals surface area (Å²) in [6, 6.07) is 18.4. The van der Waals surface area contributed by atoms with Gasteiger partial charge in [0.25, 0.3) is 0 Å². The Morgan fingerprint density at radius 2 is 1.86 bits per heavy atom. The summed E-state index contributed by atoms with van der Waals surface area (Å²) in [5, 5.41) is 10.2. The summed E-state index contributed by atoms with van der Waals surface area (Å²) in [7, 11) is 0. The maximum absolute atomic E-state index is 12.7. The number of benzene rings is 2. The normalized spacial score (nSPS) is 21.3. The SMILES string of the molecule is C/C(Cl)=C/[C@@H]1[C@H](C(=O)O[C@H](C#N)c2cccc(Oc3ccccc3)c2)C1(C)C. The van der Waals surface area contributed by atoms with E-state index >= 15 is 0 Å². The number of nitriles is 1. The molecule has 3 rings (SSSR count). The van der Waals surface area contributed by atoms with Crippen LogP contribution in [0.5, 0.6) is 11.5 Å². The molecule has 1 saturated carbocycles. The Morgan fingerprint density at radius 3 is 2.50 bits per heavy atom. The molecule has 1 fully saturated rings. The molecule has 4 nitrogen and oxygen atoms in total. The van der Waals surface area contributed by atoms with E-state index in [1.165, 1.54) is 0 Å². The van der Waals surface area contributed by atoms with Crippen LogP contribution < -0.4 is 4.74 Å². The van der Waals surface area contributed by atoms with E-state index in [-0.39, 0.29) is 23.2 Å². The van der Waals surface area contributed by atoms with Crippen molar-refractivity contribution < 1.29 is 14.3 Å². The highest BCUT2D eigenvalue weighted by Gasteiger charge is 2.61. The van der Waals surface area contributed by atoms with Crippen molar-refractivity contribution in [3.63, 3.8) is 0 Å². The number of nitrogens with zero attached hydrogens (tertiary/aromatic N) is 1. The van der Waals surface area contributed by atoms with E-state index < -0.39 is 6.10 Å². The van der Waals surface area contributed by atoms with Crippen molar-refractivity contribution in [3.05, 3.63) is 71.3 Å². The molecule has 28 heavy (non-hydrogen) atoms. The standard InChI is InChI=1S/C23H22ClNO3/c1-15(24)12-19-21(23(19,2)3)22(26)28-20(14-25)16-8-7-11-18(13-16)27-17-9-5-4-6-10-17/h4-13,19-21H,1-3H3/b15-12-/t19-,20-,21-/m1/s1. The Labute approximate surface area is 170 Å². The van der Waals surface area contributed by atoms with Crippen LogP contribution in [0.4, 0.5) is 0 Å². The quantitative estimate of drug-likeness (QED) is 0.562. The van der Waals surface area contributed by atoms with Crippen molar-refractivity contribution >= 4 is 17.6 Å². The fourth-order valence-electron chi connectivity index (χ4n) is 3.41. The first-order valence-electron chi connectivity index (χ1n) is 9.10. The van der Waals surface area contributed by atoms with Gasteiger partial charge in [0.1, 0.15) is 17.6 Å². The Hall–Kier alpha value is -2.77. The van der Waals surface area contributed by atoms with Crippen molar-refractivity contribution in [1.82, 2.24) is 0 Å². The average Bonchev–Trinajstić information content (AvgIpc) is 3.20. The molecular formula is C23H22ClNO3. The van der Waals surface area contributed by atoms with Crippen LogP contribution in [0.15, 0.2) is 65.7 Å². The third-order valence-electron chi connectivity index (χ3n) is 5.06. The van der Waals surface area contributed by atoms with Gasteiger partial charge in [-0.15, -0.1) is 0 Å². The van der Waals surface area contributed by atoms with Crippen LogP contribution in [0.2, 0.25) is 0 Å². The van der Waals surface area contributed by atoms with Gasteiger partial charge in [0, 0.05) is 10.6 Å². The first-order valence-corrected chi connectivity index (χ1v) is 9.47. The molecule has 0 saturated heterocycles. The highest BCUT2D eigenvalue weighted by atomic mass is 35.5. The van der Waals surface area contributed by atoms with Crippen LogP contribution in [0.3, 0.4) is 0 Å². The highest BCUT2D eigenvalue weighted by molar-refractivity contribution is 6.29.